The van der Waals surface area contributed by atoms with Crippen LogP contribution in [0.1, 0.15) is 56.4 Å². The Bertz CT molecular complexity index is 1030. The molecule has 0 amide bonds. The quantitative estimate of drug-likeness (QED) is 0.728. The maximum absolute atomic E-state index is 12.7. The van der Waals surface area contributed by atoms with Gasteiger partial charge >= 0.3 is 0 Å². The van der Waals surface area contributed by atoms with Crippen LogP contribution < -0.4 is 9.80 Å². The molecule has 4 heterocycles. The highest BCUT2D eigenvalue weighted by molar-refractivity contribution is 7.85. The van der Waals surface area contributed by atoms with Crippen molar-refractivity contribution in [1.82, 2.24) is 9.97 Å². The van der Waals surface area contributed by atoms with Crippen molar-refractivity contribution in [2.24, 2.45) is 0 Å². The molecular formula is C24H29ClN4O2S. The first kappa shape index (κ1) is 20.9. The zero-order valence-electron chi connectivity index (χ0n) is 18.1. The fraction of sp³-hybridized carbons (Fsp3) is 0.583. The first-order chi connectivity index (χ1) is 15.6. The Morgan fingerprint density at radius 3 is 2.50 bits per heavy atom. The van der Waals surface area contributed by atoms with Crippen molar-refractivity contribution >= 4 is 34.2 Å². The van der Waals surface area contributed by atoms with Crippen LogP contribution in [0.4, 0.5) is 11.8 Å². The van der Waals surface area contributed by atoms with Crippen molar-refractivity contribution in [2.45, 2.75) is 73.4 Å². The number of hydrogen-bond donors (Lipinski definition) is 1. The smallest absolute Gasteiger partial charge is 0.227 e. The highest BCUT2D eigenvalue weighted by atomic mass is 35.5. The predicted octanol–water partition coefficient (Wildman–Crippen LogP) is 3.89. The first-order valence-corrected chi connectivity index (χ1v) is 13.5. The van der Waals surface area contributed by atoms with Gasteiger partial charge in [-0.05, 0) is 68.6 Å². The molecule has 8 heteroatoms. The Hall–Kier alpha value is -1.70. The van der Waals surface area contributed by atoms with Crippen LogP contribution in [0.25, 0.3) is 0 Å². The van der Waals surface area contributed by atoms with Crippen LogP contribution in [0.5, 0.6) is 0 Å². The Kier molecular flexibility index (Phi) is 5.19. The number of aliphatic hydroxyl groups is 1. The zero-order valence-corrected chi connectivity index (χ0v) is 19.7. The molecule has 2 saturated heterocycles. The molecule has 3 aliphatic heterocycles. The third kappa shape index (κ3) is 3.27. The summed E-state index contributed by atoms with van der Waals surface area (Å²) in [5.41, 5.74) is 1.12. The number of piperidine rings is 1. The van der Waals surface area contributed by atoms with Crippen LogP contribution in [-0.4, -0.2) is 55.8 Å². The van der Waals surface area contributed by atoms with Crippen molar-refractivity contribution < 1.29 is 9.32 Å². The summed E-state index contributed by atoms with van der Waals surface area (Å²) in [4.78, 5) is 15.1. The maximum Gasteiger partial charge on any atom is 0.227 e. The number of hydrogen-bond acceptors (Lipinski definition) is 6. The largest absolute Gasteiger partial charge is 0.394 e. The molecule has 3 atom stereocenters. The van der Waals surface area contributed by atoms with E-state index in [-0.39, 0.29) is 12.1 Å². The summed E-state index contributed by atoms with van der Waals surface area (Å²) < 4.78 is 12.7. The van der Waals surface area contributed by atoms with Gasteiger partial charge in [0.05, 0.1) is 34.0 Å². The minimum absolute atomic E-state index is 0.121. The van der Waals surface area contributed by atoms with Crippen LogP contribution in [0.2, 0.25) is 5.02 Å². The van der Waals surface area contributed by atoms with Crippen LogP contribution in [0.15, 0.2) is 35.4 Å². The number of halogens is 1. The molecule has 3 unspecified atom stereocenters. The normalized spacial score (nSPS) is 30.7. The van der Waals surface area contributed by atoms with E-state index >= 15 is 0 Å². The summed E-state index contributed by atoms with van der Waals surface area (Å²) in [7, 11) is -1.08. The van der Waals surface area contributed by atoms with Gasteiger partial charge in [-0.1, -0.05) is 23.7 Å². The fourth-order valence-corrected chi connectivity index (χ4v) is 7.52. The molecule has 1 aromatic carbocycles. The van der Waals surface area contributed by atoms with Crippen LogP contribution in [-0.2, 0) is 10.8 Å². The molecular weight excluding hydrogens is 444 g/mol. The summed E-state index contributed by atoms with van der Waals surface area (Å²) >= 11 is 6.09. The van der Waals surface area contributed by atoms with Crippen molar-refractivity contribution in [3.63, 3.8) is 0 Å². The van der Waals surface area contributed by atoms with Gasteiger partial charge in [0, 0.05) is 29.4 Å². The van der Waals surface area contributed by atoms with E-state index in [1.807, 2.05) is 12.1 Å². The molecule has 1 N–H and O–H groups in total. The van der Waals surface area contributed by atoms with Crippen LogP contribution in [0, 0.1) is 0 Å². The topological polar surface area (TPSA) is 69.6 Å². The van der Waals surface area contributed by atoms with Crippen molar-refractivity contribution in [1.29, 1.82) is 0 Å². The molecule has 6 nitrogen and oxygen atoms in total. The first-order valence-electron chi connectivity index (χ1n) is 11.8. The van der Waals surface area contributed by atoms with Gasteiger partial charge in [0.25, 0.3) is 0 Å². The Balaban J connectivity index is 1.31. The van der Waals surface area contributed by atoms with Crippen molar-refractivity contribution in [2.75, 3.05) is 28.7 Å². The average molecular weight is 473 g/mol. The van der Waals surface area contributed by atoms with E-state index in [2.05, 4.69) is 21.9 Å². The third-order valence-corrected chi connectivity index (χ3v) is 9.77. The molecule has 4 aliphatic rings. The highest BCUT2D eigenvalue weighted by Gasteiger charge is 2.47. The second-order valence-electron chi connectivity index (χ2n) is 9.81. The lowest BCUT2D eigenvalue weighted by atomic mass is 9.76. The van der Waals surface area contributed by atoms with Gasteiger partial charge in [-0.25, -0.2) is 4.98 Å². The lowest BCUT2D eigenvalue weighted by Crippen LogP contribution is -2.59. The molecule has 170 valence electrons. The highest BCUT2D eigenvalue weighted by Crippen LogP contribution is 2.46. The van der Waals surface area contributed by atoms with Gasteiger partial charge in [0.15, 0.2) is 5.82 Å². The van der Waals surface area contributed by atoms with E-state index in [0.29, 0.717) is 30.3 Å². The molecule has 0 spiro atoms. The zero-order chi connectivity index (χ0) is 21.9. The molecule has 2 aromatic rings. The summed E-state index contributed by atoms with van der Waals surface area (Å²) in [5, 5.41) is 11.0. The minimum atomic E-state index is -1.08. The summed E-state index contributed by atoms with van der Waals surface area (Å²) in [6, 6.07) is 9.15. The van der Waals surface area contributed by atoms with E-state index in [9.17, 15) is 9.32 Å². The molecule has 6 rings (SSSR count). The average Bonchev–Trinajstić information content (AvgIpc) is 3.04. The van der Waals surface area contributed by atoms with E-state index in [1.54, 1.807) is 6.20 Å². The SMILES string of the molecule is O=S1CCN(C2(CO)CCC2)c2nc(N3C4CCC3CC(c3ccc(Cl)cc3)C4)ncc21. The second kappa shape index (κ2) is 7.96. The van der Waals surface area contributed by atoms with Gasteiger partial charge in [-0.15, -0.1) is 0 Å². The number of nitrogens with zero attached hydrogens (tertiary/aromatic N) is 4. The van der Waals surface area contributed by atoms with Crippen LogP contribution in [0.3, 0.4) is 0 Å². The molecule has 0 radical (unpaired) electrons. The van der Waals surface area contributed by atoms with Gasteiger partial charge in [0.2, 0.25) is 5.95 Å². The van der Waals surface area contributed by atoms with E-state index in [0.717, 1.165) is 66.6 Å². The molecule has 32 heavy (non-hydrogen) atoms. The predicted molar refractivity (Wildman–Crippen MR) is 127 cm³/mol. The van der Waals surface area contributed by atoms with E-state index in [4.69, 9.17) is 21.6 Å². The number of benzene rings is 1. The van der Waals surface area contributed by atoms with Crippen molar-refractivity contribution in [3.05, 3.63) is 41.0 Å². The summed E-state index contributed by atoms with van der Waals surface area (Å²) in [6.07, 6.45) is 9.34. The van der Waals surface area contributed by atoms with Gasteiger partial charge in [0.1, 0.15) is 0 Å². The Morgan fingerprint density at radius 1 is 1.16 bits per heavy atom. The number of aromatic nitrogens is 2. The molecule has 1 aliphatic carbocycles. The van der Waals surface area contributed by atoms with Gasteiger partial charge in [-0.2, -0.15) is 4.98 Å². The van der Waals surface area contributed by atoms with E-state index in [1.165, 1.54) is 5.56 Å². The third-order valence-electron chi connectivity index (χ3n) is 8.18. The lowest BCUT2D eigenvalue weighted by molar-refractivity contribution is 0.115. The second-order valence-corrected chi connectivity index (χ2v) is 11.8. The number of fused-ring (bicyclic) bond motifs is 3. The molecule has 1 saturated carbocycles. The maximum atomic E-state index is 12.7. The molecule has 2 bridgehead atoms. The lowest BCUT2D eigenvalue weighted by Gasteiger charge is -2.51. The van der Waals surface area contributed by atoms with Crippen molar-refractivity contribution in [3.8, 4) is 0 Å². The van der Waals surface area contributed by atoms with Crippen LogP contribution >= 0.6 is 11.6 Å². The minimum Gasteiger partial charge on any atom is -0.394 e. The number of aliphatic hydroxyl groups excluding tert-OH is 1. The number of anilines is 2. The monoisotopic (exact) mass is 472 g/mol. The Labute approximate surface area is 196 Å². The van der Waals surface area contributed by atoms with E-state index < -0.39 is 10.8 Å². The standard InChI is InChI=1S/C24H29ClN4O2S/c25-18-4-2-16(3-5-18)17-12-19-6-7-20(13-17)29(19)23-26-14-21-22(27-23)28(10-11-32(21)31)24(15-30)8-1-9-24/h2-5,14,17,19-20,30H,1,6-13,15H2. The van der Waals surface area contributed by atoms with Gasteiger partial charge < -0.3 is 14.9 Å². The fourth-order valence-electron chi connectivity index (χ4n) is 6.29. The molecule has 3 fully saturated rings. The van der Waals surface area contributed by atoms with Gasteiger partial charge in [-0.3, -0.25) is 4.21 Å². The molecule has 1 aromatic heterocycles. The summed E-state index contributed by atoms with van der Waals surface area (Å²) in [5.74, 6) is 2.67. The Morgan fingerprint density at radius 2 is 1.88 bits per heavy atom. The summed E-state index contributed by atoms with van der Waals surface area (Å²) in [6.45, 7) is 0.804. The number of rotatable bonds is 4.